The molecule has 0 atom stereocenters. The summed E-state index contributed by atoms with van der Waals surface area (Å²) in [5.74, 6) is 0.851. The van der Waals surface area contributed by atoms with Crippen LogP contribution in [0.1, 0.15) is 31.7 Å². The Balaban J connectivity index is 1.71. The van der Waals surface area contributed by atoms with Gasteiger partial charge in [-0.25, -0.2) is 0 Å². The zero-order chi connectivity index (χ0) is 17.2. The number of hydrogen-bond acceptors (Lipinski definition) is 2. The van der Waals surface area contributed by atoms with E-state index in [4.69, 9.17) is 16.0 Å². The van der Waals surface area contributed by atoms with Gasteiger partial charge < -0.3 is 4.42 Å². The summed E-state index contributed by atoms with van der Waals surface area (Å²) in [5.41, 5.74) is 4.06. The van der Waals surface area contributed by atoms with Crippen LogP contribution in [0.5, 0.6) is 0 Å². The predicted octanol–water partition coefficient (Wildman–Crippen LogP) is 7.03. The number of fused-ring (bicyclic) bond motifs is 3. The molecule has 0 fully saturated rings. The fourth-order valence-electron chi connectivity index (χ4n) is 3.25. The molecule has 0 N–H and O–H groups in total. The molecule has 25 heavy (non-hydrogen) atoms. The van der Waals surface area contributed by atoms with Gasteiger partial charge in [-0.1, -0.05) is 55.6 Å². The first-order valence-corrected chi connectivity index (χ1v) is 9.20. The summed E-state index contributed by atoms with van der Waals surface area (Å²) in [7, 11) is 0. The average Bonchev–Trinajstić information content (AvgIpc) is 3.07. The number of furan rings is 1. The molecule has 0 radical (unpaired) electrons. The highest BCUT2D eigenvalue weighted by atomic mass is 35.5. The van der Waals surface area contributed by atoms with Gasteiger partial charge in [0.05, 0.1) is 5.02 Å². The van der Waals surface area contributed by atoms with Crippen molar-refractivity contribution in [2.75, 3.05) is 0 Å². The molecular weight excluding hydrogens is 330 g/mol. The lowest BCUT2D eigenvalue weighted by atomic mass is 10.0. The van der Waals surface area contributed by atoms with Crippen LogP contribution in [0.25, 0.3) is 33.2 Å². The highest BCUT2D eigenvalue weighted by molar-refractivity contribution is 6.37. The second kappa shape index (κ2) is 6.89. The summed E-state index contributed by atoms with van der Waals surface area (Å²) < 4.78 is 6.14. The van der Waals surface area contributed by atoms with Crippen molar-refractivity contribution < 1.29 is 4.42 Å². The maximum Gasteiger partial charge on any atom is 0.161 e. The normalized spacial score (nSPS) is 11.4. The first-order valence-electron chi connectivity index (χ1n) is 8.82. The van der Waals surface area contributed by atoms with Gasteiger partial charge in [0.25, 0.3) is 0 Å². The maximum atomic E-state index is 6.39. The fourth-order valence-corrected chi connectivity index (χ4v) is 3.52. The van der Waals surface area contributed by atoms with Gasteiger partial charge in [0.2, 0.25) is 0 Å². The first-order chi connectivity index (χ1) is 12.3. The Morgan fingerprint density at radius 2 is 1.88 bits per heavy atom. The Morgan fingerprint density at radius 1 is 1.04 bits per heavy atom. The third kappa shape index (κ3) is 3.14. The lowest BCUT2D eigenvalue weighted by Gasteiger charge is -2.02. The Bertz CT molecular complexity index is 1020. The highest BCUT2D eigenvalue weighted by Gasteiger charge is 2.12. The van der Waals surface area contributed by atoms with E-state index in [-0.39, 0.29) is 0 Å². The number of nitrogens with zero attached hydrogens (tertiary/aromatic N) is 1. The number of aromatic nitrogens is 1. The van der Waals surface area contributed by atoms with Gasteiger partial charge in [-0.3, -0.25) is 4.98 Å². The molecule has 2 heterocycles. The lowest BCUT2D eigenvalue weighted by Crippen LogP contribution is -1.85. The molecule has 0 amide bonds. The summed E-state index contributed by atoms with van der Waals surface area (Å²) in [4.78, 5) is 4.45. The molecule has 0 saturated heterocycles. The minimum atomic E-state index is 0.703. The maximum absolute atomic E-state index is 6.39. The first kappa shape index (κ1) is 16.2. The zero-order valence-corrected chi connectivity index (χ0v) is 15.0. The van der Waals surface area contributed by atoms with Crippen molar-refractivity contribution in [2.24, 2.45) is 0 Å². The Morgan fingerprint density at radius 3 is 2.68 bits per heavy atom. The van der Waals surface area contributed by atoms with Crippen molar-refractivity contribution in [1.29, 1.82) is 0 Å². The molecule has 0 aliphatic carbocycles. The average molecular weight is 350 g/mol. The smallest absolute Gasteiger partial charge is 0.161 e. The molecule has 0 unspecified atom stereocenters. The Labute approximate surface area is 152 Å². The monoisotopic (exact) mass is 349 g/mol. The van der Waals surface area contributed by atoms with E-state index >= 15 is 0 Å². The van der Waals surface area contributed by atoms with E-state index < -0.39 is 0 Å². The van der Waals surface area contributed by atoms with Crippen molar-refractivity contribution in [1.82, 2.24) is 4.98 Å². The minimum absolute atomic E-state index is 0.703. The van der Waals surface area contributed by atoms with Gasteiger partial charge in [0.15, 0.2) is 5.58 Å². The van der Waals surface area contributed by atoms with Crippen LogP contribution < -0.4 is 0 Å². The summed E-state index contributed by atoms with van der Waals surface area (Å²) in [6.45, 7) is 2.23. The van der Waals surface area contributed by atoms with Crippen molar-refractivity contribution in [3.63, 3.8) is 0 Å². The van der Waals surface area contributed by atoms with Crippen molar-refractivity contribution in [3.8, 4) is 11.3 Å². The number of unbranched alkanes of at least 4 members (excludes halogenated alkanes) is 2. The second-order valence-corrected chi connectivity index (χ2v) is 6.85. The zero-order valence-electron chi connectivity index (χ0n) is 14.3. The number of halogens is 1. The molecule has 2 aromatic carbocycles. The quantitative estimate of drug-likeness (QED) is 0.361. The van der Waals surface area contributed by atoms with Gasteiger partial charge in [-0.2, -0.15) is 0 Å². The number of pyridine rings is 1. The van der Waals surface area contributed by atoms with E-state index in [2.05, 4.69) is 36.2 Å². The number of rotatable bonds is 5. The van der Waals surface area contributed by atoms with E-state index in [1.807, 2.05) is 24.3 Å². The number of benzene rings is 2. The molecule has 4 aromatic rings. The van der Waals surface area contributed by atoms with Crippen molar-refractivity contribution in [2.45, 2.75) is 32.6 Å². The van der Waals surface area contributed by atoms with Gasteiger partial charge in [0.1, 0.15) is 11.3 Å². The SMILES string of the molecule is CCCCCc1ccc(-c2cc3cc(Cl)c4cccnc4c3o2)cc1. The molecular formula is C22H20ClNO. The molecule has 2 aromatic heterocycles. The van der Waals surface area contributed by atoms with E-state index in [9.17, 15) is 0 Å². The minimum Gasteiger partial charge on any atom is -0.454 e. The van der Waals surface area contributed by atoms with Gasteiger partial charge in [-0.05, 0) is 42.7 Å². The van der Waals surface area contributed by atoms with Crippen LogP contribution in [0, 0.1) is 0 Å². The largest absolute Gasteiger partial charge is 0.454 e. The van der Waals surface area contributed by atoms with Crippen LogP contribution in [-0.2, 0) is 6.42 Å². The van der Waals surface area contributed by atoms with Crippen LogP contribution in [0.4, 0.5) is 0 Å². The van der Waals surface area contributed by atoms with Crippen molar-refractivity contribution >= 4 is 33.5 Å². The molecule has 0 aliphatic heterocycles. The molecule has 3 heteroatoms. The Kier molecular flexibility index (Phi) is 4.46. The van der Waals surface area contributed by atoms with Crippen molar-refractivity contribution in [3.05, 3.63) is 65.3 Å². The molecule has 4 rings (SSSR count). The summed E-state index contributed by atoms with van der Waals surface area (Å²) in [6.07, 6.45) is 6.69. The topological polar surface area (TPSA) is 26.0 Å². The van der Waals surface area contributed by atoms with Gasteiger partial charge in [0, 0.05) is 22.5 Å². The van der Waals surface area contributed by atoms with Crippen LogP contribution in [0.15, 0.2) is 59.1 Å². The highest BCUT2D eigenvalue weighted by Crippen LogP contribution is 2.35. The Hall–Kier alpha value is -2.32. The summed E-state index contributed by atoms with van der Waals surface area (Å²) in [6, 6.07) is 16.5. The lowest BCUT2D eigenvalue weighted by molar-refractivity contribution is 0.634. The molecule has 126 valence electrons. The summed E-state index contributed by atoms with van der Waals surface area (Å²) >= 11 is 6.39. The molecule has 0 aliphatic rings. The van der Waals surface area contributed by atoms with E-state index in [0.29, 0.717) is 5.02 Å². The summed E-state index contributed by atoms with van der Waals surface area (Å²) in [5, 5.41) is 2.61. The van der Waals surface area contributed by atoms with E-state index in [1.165, 1.54) is 24.8 Å². The molecule has 0 saturated carbocycles. The van der Waals surface area contributed by atoms with E-state index in [1.54, 1.807) is 6.20 Å². The number of aryl methyl sites for hydroxylation is 1. The second-order valence-electron chi connectivity index (χ2n) is 6.44. The predicted molar refractivity (Wildman–Crippen MR) is 105 cm³/mol. The standard InChI is InChI=1S/C22H20ClNO/c1-2-3-4-6-15-8-10-16(11-9-15)20-14-17-13-19(23)18-7-5-12-24-21(18)22(17)25-20/h5,7-14H,2-4,6H2,1H3. The fraction of sp³-hybridized carbons (Fsp3) is 0.227. The van der Waals surface area contributed by atoms with Crippen LogP contribution in [0.3, 0.4) is 0 Å². The van der Waals surface area contributed by atoms with Gasteiger partial charge >= 0.3 is 0 Å². The van der Waals surface area contributed by atoms with Crippen LogP contribution in [-0.4, -0.2) is 4.98 Å². The molecule has 0 spiro atoms. The third-order valence-corrected chi connectivity index (χ3v) is 4.94. The molecule has 2 nitrogen and oxygen atoms in total. The van der Waals surface area contributed by atoms with Crippen LogP contribution in [0.2, 0.25) is 5.02 Å². The van der Waals surface area contributed by atoms with Crippen LogP contribution >= 0.6 is 11.6 Å². The molecule has 0 bridgehead atoms. The number of hydrogen-bond donors (Lipinski definition) is 0. The van der Waals surface area contributed by atoms with Gasteiger partial charge in [-0.15, -0.1) is 0 Å². The third-order valence-electron chi connectivity index (χ3n) is 4.63. The van der Waals surface area contributed by atoms with E-state index in [0.717, 1.165) is 39.6 Å².